The maximum Gasteiger partial charge on any atom is 0.0426 e. The molecular weight excluding hydrogens is 268 g/mol. The first-order valence-corrected chi connectivity index (χ1v) is 7.17. The number of nitrogens with zero attached hydrogens (tertiary/aromatic N) is 1. The van der Waals surface area contributed by atoms with Crippen molar-refractivity contribution in [3.8, 4) is 0 Å². The van der Waals surface area contributed by atoms with Crippen LogP contribution in [0.5, 0.6) is 0 Å². The molecule has 3 heteroatoms. The Morgan fingerprint density at radius 2 is 1.80 bits per heavy atom. The normalized spacial score (nSPS) is 10.6. The van der Waals surface area contributed by atoms with Gasteiger partial charge in [0.2, 0.25) is 0 Å². The zero-order valence-electron chi connectivity index (χ0n) is 12.3. The molecule has 0 heterocycles. The summed E-state index contributed by atoms with van der Waals surface area (Å²) >= 11 is 5.93. The Kier molecular flexibility index (Phi) is 5.05. The van der Waals surface area contributed by atoms with E-state index in [1.54, 1.807) is 0 Å². The maximum atomic E-state index is 5.93. The molecule has 2 rings (SSSR count). The van der Waals surface area contributed by atoms with Crippen LogP contribution in [0.2, 0.25) is 5.02 Å². The van der Waals surface area contributed by atoms with Crippen molar-refractivity contribution in [3.05, 3.63) is 64.2 Å². The number of benzene rings is 2. The Morgan fingerprint density at radius 1 is 1.10 bits per heavy atom. The summed E-state index contributed by atoms with van der Waals surface area (Å²) in [6, 6.07) is 14.6. The third kappa shape index (κ3) is 3.75. The molecule has 20 heavy (non-hydrogen) atoms. The van der Waals surface area contributed by atoms with E-state index in [1.807, 2.05) is 19.2 Å². The van der Waals surface area contributed by atoms with E-state index >= 15 is 0 Å². The molecule has 0 radical (unpaired) electrons. The Bertz CT molecular complexity index is 564. The van der Waals surface area contributed by atoms with E-state index in [-0.39, 0.29) is 0 Å². The van der Waals surface area contributed by atoms with Crippen LogP contribution < -0.4 is 10.2 Å². The molecule has 2 aromatic carbocycles. The summed E-state index contributed by atoms with van der Waals surface area (Å²) in [4.78, 5) is 2.27. The van der Waals surface area contributed by atoms with Gasteiger partial charge in [-0.3, -0.25) is 0 Å². The van der Waals surface area contributed by atoms with Gasteiger partial charge >= 0.3 is 0 Å². The van der Waals surface area contributed by atoms with Crippen LogP contribution in [-0.2, 0) is 13.1 Å². The third-order valence-corrected chi connectivity index (χ3v) is 3.60. The minimum absolute atomic E-state index is 0.780. The van der Waals surface area contributed by atoms with Gasteiger partial charge in [0, 0.05) is 30.8 Å². The van der Waals surface area contributed by atoms with E-state index in [0.29, 0.717) is 0 Å². The van der Waals surface area contributed by atoms with Gasteiger partial charge in [-0.15, -0.1) is 0 Å². The van der Waals surface area contributed by atoms with Crippen LogP contribution in [0, 0.1) is 6.92 Å². The van der Waals surface area contributed by atoms with Crippen molar-refractivity contribution in [1.82, 2.24) is 5.32 Å². The number of hydrogen-bond acceptors (Lipinski definition) is 2. The fourth-order valence-corrected chi connectivity index (χ4v) is 2.49. The lowest BCUT2D eigenvalue weighted by Gasteiger charge is -2.23. The number of aryl methyl sites for hydroxylation is 1. The standard InChI is InChI=1S/C17H21ClN2/c1-13-4-9-17(15(10-13)11-19-2)20(3)12-14-5-7-16(18)8-6-14/h4-10,19H,11-12H2,1-3H3. The summed E-state index contributed by atoms with van der Waals surface area (Å²) in [5, 5.41) is 4.01. The molecule has 0 unspecified atom stereocenters. The van der Waals surface area contributed by atoms with Gasteiger partial charge in [-0.2, -0.15) is 0 Å². The number of rotatable bonds is 5. The second kappa shape index (κ2) is 6.78. The molecule has 0 aliphatic heterocycles. The van der Waals surface area contributed by atoms with Gasteiger partial charge in [0.05, 0.1) is 0 Å². The number of hydrogen-bond donors (Lipinski definition) is 1. The number of anilines is 1. The van der Waals surface area contributed by atoms with Crippen LogP contribution in [0.1, 0.15) is 16.7 Å². The van der Waals surface area contributed by atoms with Crippen molar-refractivity contribution < 1.29 is 0 Å². The van der Waals surface area contributed by atoms with Gasteiger partial charge in [-0.05, 0) is 43.3 Å². The predicted molar refractivity (Wildman–Crippen MR) is 87.5 cm³/mol. The minimum Gasteiger partial charge on any atom is -0.370 e. The molecular formula is C17H21ClN2. The van der Waals surface area contributed by atoms with Crippen LogP contribution in [0.25, 0.3) is 0 Å². The summed E-state index contributed by atoms with van der Waals surface area (Å²) < 4.78 is 0. The molecule has 0 saturated heterocycles. The highest BCUT2D eigenvalue weighted by atomic mass is 35.5. The highest BCUT2D eigenvalue weighted by Gasteiger charge is 2.08. The molecule has 0 saturated carbocycles. The van der Waals surface area contributed by atoms with Crippen LogP contribution in [-0.4, -0.2) is 14.1 Å². The van der Waals surface area contributed by atoms with E-state index < -0.39 is 0 Å². The van der Waals surface area contributed by atoms with Gasteiger partial charge < -0.3 is 10.2 Å². The molecule has 0 amide bonds. The van der Waals surface area contributed by atoms with E-state index in [1.165, 1.54) is 22.4 Å². The topological polar surface area (TPSA) is 15.3 Å². The predicted octanol–water partition coefficient (Wildman–Crippen LogP) is 4.00. The maximum absolute atomic E-state index is 5.93. The second-order valence-electron chi connectivity index (χ2n) is 5.15. The summed E-state index contributed by atoms with van der Waals surface area (Å²) in [7, 11) is 4.10. The van der Waals surface area contributed by atoms with Gasteiger partial charge in [0.25, 0.3) is 0 Å². The first-order valence-electron chi connectivity index (χ1n) is 6.80. The van der Waals surface area contributed by atoms with E-state index in [4.69, 9.17) is 11.6 Å². The van der Waals surface area contributed by atoms with Crippen LogP contribution >= 0.6 is 11.6 Å². The molecule has 1 N–H and O–H groups in total. The quantitative estimate of drug-likeness (QED) is 0.894. The average Bonchev–Trinajstić information content (AvgIpc) is 2.42. The monoisotopic (exact) mass is 288 g/mol. The molecule has 106 valence electrons. The smallest absolute Gasteiger partial charge is 0.0426 e. The summed E-state index contributed by atoms with van der Waals surface area (Å²) in [6.07, 6.45) is 0. The molecule has 0 fully saturated rings. The molecule has 0 spiro atoms. The molecule has 0 aliphatic rings. The number of halogens is 1. The zero-order chi connectivity index (χ0) is 14.5. The summed E-state index contributed by atoms with van der Waals surface area (Å²) in [5.41, 5.74) is 5.13. The van der Waals surface area contributed by atoms with Crippen molar-refractivity contribution >= 4 is 17.3 Å². The summed E-state index contributed by atoms with van der Waals surface area (Å²) in [5.74, 6) is 0. The highest BCUT2D eigenvalue weighted by Crippen LogP contribution is 2.23. The van der Waals surface area contributed by atoms with Crippen LogP contribution in [0.3, 0.4) is 0 Å². The lowest BCUT2D eigenvalue weighted by Crippen LogP contribution is -2.19. The van der Waals surface area contributed by atoms with Crippen LogP contribution in [0.15, 0.2) is 42.5 Å². The van der Waals surface area contributed by atoms with Crippen molar-refractivity contribution in [2.45, 2.75) is 20.0 Å². The fourth-order valence-electron chi connectivity index (χ4n) is 2.37. The largest absolute Gasteiger partial charge is 0.370 e. The Hall–Kier alpha value is -1.51. The average molecular weight is 289 g/mol. The Balaban J connectivity index is 2.19. The third-order valence-electron chi connectivity index (χ3n) is 3.35. The Labute approximate surface area is 126 Å². The number of nitrogens with one attached hydrogen (secondary N) is 1. The van der Waals surface area contributed by atoms with E-state index in [0.717, 1.165) is 18.1 Å². The Morgan fingerprint density at radius 3 is 2.45 bits per heavy atom. The van der Waals surface area contributed by atoms with Crippen molar-refractivity contribution in [2.75, 3.05) is 19.0 Å². The molecule has 2 aromatic rings. The van der Waals surface area contributed by atoms with Gasteiger partial charge in [0.1, 0.15) is 0 Å². The van der Waals surface area contributed by atoms with Crippen molar-refractivity contribution in [1.29, 1.82) is 0 Å². The van der Waals surface area contributed by atoms with Gasteiger partial charge in [-0.25, -0.2) is 0 Å². The lowest BCUT2D eigenvalue weighted by molar-refractivity contribution is 0.804. The van der Waals surface area contributed by atoms with Crippen molar-refractivity contribution in [3.63, 3.8) is 0 Å². The minimum atomic E-state index is 0.780. The first kappa shape index (κ1) is 14.9. The second-order valence-corrected chi connectivity index (χ2v) is 5.58. The fraction of sp³-hybridized carbons (Fsp3) is 0.294. The van der Waals surface area contributed by atoms with Crippen molar-refractivity contribution in [2.24, 2.45) is 0 Å². The zero-order valence-corrected chi connectivity index (χ0v) is 13.0. The summed E-state index contributed by atoms with van der Waals surface area (Å²) in [6.45, 7) is 3.88. The lowest BCUT2D eigenvalue weighted by atomic mass is 10.1. The van der Waals surface area contributed by atoms with Crippen LogP contribution in [0.4, 0.5) is 5.69 Å². The SMILES string of the molecule is CNCc1cc(C)ccc1N(C)Cc1ccc(Cl)cc1. The molecule has 0 aliphatic carbocycles. The molecule has 0 bridgehead atoms. The highest BCUT2D eigenvalue weighted by molar-refractivity contribution is 6.30. The first-order chi connectivity index (χ1) is 9.60. The van der Waals surface area contributed by atoms with E-state index in [9.17, 15) is 0 Å². The molecule has 0 atom stereocenters. The van der Waals surface area contributed by atoms with Gasteiger partial charge in [-0.1, -0.05) is 41.4 Å². The molecule has 2 nitrogen and oxygen atoms in total. The van der Waals surface area contributed by atoms with Gasteiger partial charge in [0.15, 0.2) is 0 Å². The van der Waals surface area contributed by atoms with E-state index in [2.05, 4.69) is 54.5 Å². The molecule has 0 aromatic heterocycles.